The molecule has 0 saturated carbocycles. The minimum absolute atomic E-state index is 0.112. The number of piperazine rings is 1. The molecule has 3 N–H and O–H groups in total. The van der Waals surface area contributed by atoms with E-state index in [0.29, 0.717) is 5.69 Å². The maximum Gasteiger partial charge on any atom is 0.291 e. The number of anilines is 1. The SMILES string of the molecule is CC1(C)CC=C(c2nc(C(C)(C)N3CCNCC3)ccc2NC(=O)c2ncc(C#N)[nH]2)CC1. The van der Waals surface area contributed by atoms with Gasteiger partial charge in [-0.05, 0) is 56.2 Å². The van der Waals surface area contributed by atoms with Gasteiger partial charge in [-0.2, -0.15) is 5.26 Å². The van der Waals surface area contributed by atoms with Gasteiger partial charge >= 0.3 is 0 Å². The molecule has 2 aromatic heterocycles. The van der Waals surface area contributed by atoms with Crippen LogP contribution in [0.15, 0.2) is 24.4 Å². The van der Waals surface area contributed by atoms with Gasteiger partial charge in [-0.25, -0.2) is 9.97 Å². The zero-order valence-electron chi connectivity index (χ0n) is 20.0. The molecule has 1 aliphatic heterocycles. The molecule has 174 valence electrons. The molecule has 8 nitrogen and oxygen atoms in total. The first-order chi connectivity index (χ1) is 15.7. The molecule has 4 rings (SSSR count). The topological polar surface area (TPSA) is 110 Å². The molecule has 0 atom stereocenters. The maximum atomic E-state index is 12.8. The molecule has 0 aromatic carbocycles. The van der Waals surface area contributed by atoms with Gasteiger partial charge in [0.15, 0.2) is 5.82 Å². The number of nitriles is 1. The van der Waals surface area contributed by atoms with Crippen molar-refractivity contribution in [3.63, 3.8) is 0 Å². The number of carbonyl (C=O) groups is 1. The van der Waals surface area contributed by atoms with Crippen LogP contribution in [-0.4, -0.2) is 51.9 Å². The zero-order valence-corrected chi connectivity index (χ0v) is 20.0. The predicted molar refractivity (Wildman–Crippen MR) is 129 cm³/mol. The van der Waals surface area contributed by atoms with Gasteiger partial charge in [0, 0.05) is 26.2 Å². The van der Waals surface area contributed by atoms with Crippen LogP contribution in [0, 0.1) is 16.7 Å². The highest BCUT2D eigenvalue weighted by Gasteiger charge is 2.32. The number of amides is 1. The second kappa shape index (κ2) is 9.08. The number of nitrogens with zero attached hydrogens (tertiary/aromatic N) is 4. The molecule has 2 aliphatic rings. The molecule has 0 unspecified atom stereocenters. The average molecular weight is 448 g/mol. The Balaban J connectivity index is 1.69. The van der Waals surface area contributed by atoms with Gasteiger partial charge in [-0.3, -0.25) is 9.69 Å². The first kappa shape index (κ1) is 23.1. The summed E-state index contributed by atoms with van der Waals surface area (Å²) < 4.78 is 0. The molecule has 1 amide bonds. The average Bonchev–Trinajstić information content (AvgIpc) is 3.30. The van der Waals surface area contributed by atoms with Crippen molar-refractivity contribution >= 4 is 17.2 Å². The van der Waals surface area contributed by atoms with E-state index in [0.717, 1.165) is 56.8 Å². The largest absolute Gasteiger partial charge is 0.326 e. The Morgan fingerprint density at radius 2 is 2.03 bits per heavy atom. The van der Waals surface area contributed by atoms with Crippen LogP contribution in [0.2, 0.25) is 0 Å². The van der Waals surface area contributed by atoms with E-state index >= 15 is 0 Å². The first-order valence-corrected chi connectivity index (χ1v) is 11.6. The number of nitrogens with one attached hydrogen (secondary N) is 3. The molecular formula is C25H33N7O. The zero-order chi connectivity index (χ0) is 23.6. The Morgan fingerprint density at radius 3 is 2.67 bits per heavy atom. The fourth-order valence-corrected chi connectivity index (χ4v) is 4.50. The van der Waals surface area contributed by atoms with Gasteiger partial charge in [0.2, 0.25) is 0 Å². The van der Waals surface area contributed by atoms with Crippen LogP contribution in [0.1, 0.15) is 74.7 Å². The summed E-state index contributed by atoms with van der Waals surface area (Å²) in [4.78, 5) is 27.2. The third-order valence-corrected chi connectivity index (χ3v) is 6.87. The lowest BCUT2D eigenvalue weighted by Crippen LogP contribution is -2.52. The number of pyridine rings is 1. The fraction of sp³-hybridized carbons (Fsp3) is 0.520. The van der Waals surface area contributed by atoms with Crippen molar-refractivity contribution in [1.29, 1.82) is 5.26 Å². The van der Waals surface area contributed by atoms with E-state index in [4.69, 9.17) is 10.2 Å². The van der Waals surface area contributed by atoms with Gasteiger partial charge < -0.3 is 15.6 Å². The second-order valence-electron chi connectivity index (χ2n) is 10.2. The van der Waals surface area contributed by atoms with E-state index < -0.39 is 0 Å². The highest BCUT2D eigenvalue weighted by molar-refractivity contribution is 6.03. The number of imidazole rings is 1. The van der Waals surface area contributed by atoms with Gasteiger partial charge in [-0.1, -0.05) is 19.9 Å². The number of hydrogen-bond acceptors (Lipinski definition) is 6. The summed E-state index contributed by atoms with van der Waals surface area (Å²) in [5, 5.41) is 15.4. The third-order valence-electron chi connectivity index (χ3n) is 6.87. The van der Waals surface area contributed by atoms with E-state index in [1.807, 2.05) is 18.2 Å². The lowest BCUT2D eigenvalue weighted by molar-refractivity contribution is 0.0988. The standard InChI is InChI=1S/C25H33N7O/c1-24(2)9-7-17(8-10-24)21-19(30-23(33)22-28-16-18(15-26)29-22)5-6-20(31-21)25(3,4)32-13-11-27-12-14-32/h5-7,16,27H,8-14H2,1-4H3,(H,28,29)(H,30,33). The fourth-order valence-electron chi connectivity index (χ4n) is 4.50. The van der Waals surface area contributed by atoms with Crippen molar-refractivity contribution < 1.29 is 4.79 Å². The summed E-state index contributed by atoms with van der Waals surface area (Å²) in [6, 6.07) is 5.93. The van der Waals surface area contributed by atoms with Gasteiger partial charge in [0.1, 0.15) is 11.8 Å². The van der Waals surface area contributed by atoms with Crippen molar-refractivity contribution in [3.05, 3.63) is 47.3 Å². The molecule has 0 radical (unpaired) electrons. The number of rotatable bonds is 5. The van der Waals surface area contributed by atoms with Crippen LogP contribution in [-0.2, 0) is 5.54 Å². The summed E-state index contributed by atoms with van der Waals surface area (Å²) in [6.45, 7) is 12.9. The molecule has 1 saturated heterocycles. The molecule has 8 heteroatoms. The number of hydrogen-bond donors (Lipinski definition) is 3. The molecule has 2 aromatic rings. The van der Waals surface area contributed by atoms with Crippen LogP contribution >= 0.6 is 0 Å². The van der Waals surface area contributed by atoms with Gasteiger partial charge in [0.05, 0.1) is 28.8 Å². The Kier molecular flexibility index (Phi) is 6.37. The van der Waals surface area contributed by atoms with Crippen molar-refractivity contribution in [2.45, 2.75) is 52.5 Å². The van der Waals surface area contributed by atoms with Crippen molar-refractivity contribution in [3.8, 4) is 6.07 Å². The van der Waals surface area contributed by atoms with Crippen LogP contribution in [0.3, 0.4) is 0 Å². The quantitative estimate of drug-likeness (QED) is 0.645. The van der Waals surface area contributed by atoms with Crippen LogP contribution in [0.4, 0.5) is 5.69 Å². The summed E-state index contributed by atoms with van der Waals surface area (Å²) in [6.07, 6.45) is 6.60. The maximum absolute atomic E-state index is 12.8. The Morgan fingerprint density at radius 1 is 1.27 bits per heavy atom. The van der Waals surface area contributed by atoms with E-state index in [-0.39, 0.29) is 28.4 Å². The number of aromatic nitrogens is 3. The monoisotopic (exact) mass is 447 g/mol. The number of allylic oxidation sites excluding steroid dienone is 2. The molecule has 33 heavy (non-hydrogen) atoms. The van der Waals surface area contributed by atoms with Gasteiger partial charge in [0.25, 0.3) is 5.91 Å². The molecule has 0 bridgehead atoms. The molecule has 0 spiro atoms. The van der Waals surface area contributed by atoms with Crippen LogP contribution in [0.25, 0.3) is 5.57 Å². The Bertz CT molecular complexity index is 1100. The van der Waals surface area contributed by atoms with Crippen LogP contribution < -0.4 is 10.6 Å². The normalized spacial score (nSPS) is 18.9. The minimum atomic E-state index is -0.384. The summed E-state index contributed by atoms with van der Waals surface area (Å²) in [7, 11) is 0. The highest BCUT2D eigenvalue weighted by Crippen LogP contribution is 2.40. The Hall–Kier alpha value is -3.02. The molecule has 1 aliphatic carbocycles. The lowest BCUT2D eigenvalue weighted by atomic mass is 9.77. The number of carbonyl (C=O) groups excluding carboxylic acids is 1. The highest BCUT2D eigenvalue weighted by atomic mass is 16.2. The minimum Gasteiger partial charge on any atom is -0.326 e. The summed E-state index contributed by atoms with van der Waals surface area (Å²) in [5.41, 5.74) is 3.95. The van der Waals surface area contributed by atoms with Crippen molar-refractivity contribution in [1.82, 2.24) is 25.2 Å². The van der Waals surface area contributed by atoms with E-state index in [2.05, 4.69) is 59.3 Å². The lowest BCUT2D eigenvalue weighted by Gasteiger charge is -2.41. The predicted octanol–water partition coefficient (Wildman–Crippen LogP) is 3.66. The second-order valence-corrected chi connectivity index (χ2v) is 10.2. The molecule has 1 fully saturated rings. The van der Waals surface area contributed by atoms with E-state index in [1.165, 1.54) is 11.8 Å². The number of aromatic amines is 1. The smallest absolute Gasteiger partial charge is 0.291 e. The number of H-pyrrole nitrogens is 1. The van der Waals surface area contributed by atoms with E-state index in [1.54, 1.807) is 0 Å². The molecular weight excluding hydrogens is 414 g/mol. The van der Waals surface area contributed by atoms with Crippen LogP contribution in [0.5, 0.6) is 0 Å². The summed E-state index contributed by atoms with van der Waals surface area (Å²) in [5.74, 6) is -0.271. The van der Waals surface area contributed by atoms with Crippen molar-refractivity contribution in [2.75, 3.05) is 31.5 Å². The van der Waals surface area contributed by atoms with Crippen molar-refractivity contribution in [2.24, 2.45) is 5.41 Å². The van der Waals surface area contributed by atoms with Gasteiger partial charge in [-0.15, -0.1) is 0 Å². The summed E-state index contributed by atoms with van der Waals surface area (Å²) >= 11 is 0. The molecule has 3 heterocycles. The third kappa shape index (κ3) is 5.00. The Labute approximate surface area is 195 Å². The first-order valence-electron chi connectivity index (χ1n) is 11.6. The van der Waals surface area contributed by atoms with E-state index in [9.17, 15) is 4.79 Å².